The van der Waals surface area contributed by atoms with E-state index in [0.29, 0.717) is 11.8 Å². The molecule has 4 nitrogen and oxygen atoms in total. The Morgan fingerprint density at radius 2 is 1.00 bits per heavy atom. The maximum absolute atomic E-state index is 6.11. The Balaban J connectivity index is 1.91. The number of rotatable bonds is 0. The first-order valence-electron chi connectivity index (χ1n) is 7.09. The molecule has 0 aliphatic heterocycles. The summed E-state index contributed by atoms with van der Waals surface area (Å²) in [6, 6.07) is 0.771. The number of hydrogen-bond donors (Lipinski definition) is 4. The van der Waals surface area contributed by atoms with Crippen molar-refractivity contribution in [3.8, 4) is 11.8 Å². The lowest BCUT2D eigenvalue weighted by atomic mass is 9.80. The minimum absolute atomic E-state index is 0.128. The Hall–Kier alpha value is -0.600. The summed E-state index contributed by atoms with van der Waals surface area (Å²) in [7, 11) is 0. The topological polar surface area (TPSA) is 104 Å². The van der Waals surface area contributed by atoms with Crippen molar-refractivity contribution in [2.75, 3.05) is 0 Å². The van der Waals surface area contributed by atoms with Crippen molar-refractivity contribution in [1.29, 1.82) is 0 Å². The van der Waals surface area contributed by atoms with Crippen molar-refractivity contribution >= 4 is 0 Å². The van der Waals surface area contributed by atoms with Crippen LogP contribution in [0.25, 0.3) is 0 Å². The zero-order valence-corrected chi connectivity index (χ0v) is 11.0. The van der Waals surface area contributed by atoms with E-state index >= 15 is 0 Å². The van der Waals surface area contributed by atoms with E-state index in [2.05, 4.69) is 11.8 Å². The van der Waals surface area contributed by atoms with Gasteiger partial charge in [0.15, 0.2) is 0 Å². The van der Waals surface area contributed by atoms with Crippen LogP contribution in [-0.2, 0) is 0 Å². The zero-order valence-electron chi connectivity index (χ0n) is 11.0. The van der Waals surface area contributed by atoms with E-state index in [1.165, 1.54) is 0 Å². The SMILES string of the molecule is NC1CCC(C#CC2CCC(N)CC2N)C(N)C1. The van der Waals surface area contributed by atoms with Crippen molar-refractivity contribution in [3.63, 3.8) is 0 Å². The molecule has 0 aromatic heterocycles. The maximum Gasteiger partial charge on any atom is 0.0355 e. The van der Waals surface area contributed by atoms with Gasteiger partial charge in [0.25, 0.3) is 0 Å². The Morgan fingerprint density at radius 3 is 1.33 bits per heavy atom. The average Bonchev–Trinajstić information content (AvgIpc) is 2.30. The van der Waals surface area contributed by atoms with Crippen LogP contribution in [0.4, 0.5) is 0 Å². The van der Waals surface area contributed by atoms with E-state index < -0.39 is 0 Å². The van der Waals surface area contributed by atoms with Crippen molar-refractivity contribution < 1.29 is 0 Å². The third-order valence-electron chi connectivity index (χ3n) is 4.33. The summed E-state index contributed by atoms with van der Waals surface area (Å²) < 4.78 is 0. The molecule has 0 spiro atoms. The third kappa shape index (κ3) is 3.46. The van der Waals surface area contributed by atoms with E-state index in [0.717, 1.165) is 38.5 Å². The van der Waals surface area contributed by atoms with Crippen molar-refractivity contribution in [3.05, 3.63) is 0 Å². The molecule has 0 radical (unpaired) electrons. The van der Waals surface area contributed by atoms with E-state index in [-0.39, 0.29) is 24.2 Å². The first-order chi connectivity index (χ1) is 8.56. The largest absolute Gasteiger partial charge is 0.328 e. The van der Waals surface area contributed by atoms with Crippen LogP contribution < -0.4 is 22.9 Å². The second-order valence-corrected chi connectivity index (χ2v) is 5.98. The molecule has 0 aromatic rings. The van der Waals surface area contributed by atoms with Gasteiger partial charge in [-0.1, -0.05) is 11.8 Å². The van der Waals surface area contributed by atoms with Crippen LogP contribution in [0.1, 0.15) is 38.5 Å². The Kier molecular flexibility index (Phi) is 4.63. The van der Waals surface area contributed by atoms with Gasteiger partial charge >= 0.3 is 0 Å². The summed E-state index contributed by atoms with van der Waals surface area (Å²) in [6.45, 7) is 0. The fourth-order valence-electron chi connectivity index (χ4n) is 3.05. The van der Waals surface area contributed by atoms with E-state index in [1.807, 2.05) is 0 Å². The number of hydrogen-bond acceptors (Lipinski definition) is 4. The quantitative estimate of drug-likeness (QED) is 0.451. The van der Waals surface area contributed by atoms with Crippen LogP contribution in [0.2, 0.25) is 0 Å². The van der Waals surface area contributed by atoms with Crippen LogP contribution >= 0.6 is 0 Å². The summed E-state index contributed by atoms with van der Waals surface area (Å²) in [5.74, 6) is 7.31. The molecule has 8 N–H and O–H groups in total. The Labute approximate surface area is 110 Å². The van der Waals surface area contributed by atoms with Crippen molar-refractivity contribution in [2.24, 2.45) is 34.8 Å². The molecule has 2 aliphatic rings. The van der Waals surface area contributed by atoms with E-state index in [9.17, 15) is 0 Å². The van der Waals surface area contributed by atoms with Gasteiger partial charge in [0.2, 0.25) is 0 Å². The summed E-state index contributed by atoms with van der Waals surface area (Å²) in [5.41, 5.74) is 24.0. The van der Waals surface area contributed by atoms with Gasteiger partial charge in [0.05, 0.1) is 0 Å². The van der Waals surface area contributed by atoms with Crippen LogP contribution in [0.5, 0.6) is 0 Å². The first-order valence-corrected chi connectivity index (χ1v) is 7.09. The molecule has 0 bridgehead atoms. The second-order valence-electron chi connectivity index (χ2n) is 5.98. The summed E-state index contributed by atoms with van der Waals surface area (Å²) >= 11 is 0. The van der Waals surface area contributed by atoms with Gasteiger partial charge in [0.1, 0.15) is 0 Å². The molecule has 18 heavy (non-hydrogen) atoms. The lowest BCUT2D eigenvalue weighted by molar-refractivity contribution is 0.326. The zero-order chi connectivity index (χ0) is 13.1. The van der Waals surface area contributed by atoms with Gasteiger partial charge in [-0.3, -0.25) is 0 Å². The van der Waals surface area contributed by atoms with Crippen LogP contribution in [0.3, 0.4) is 0 Å². The maximum atomic E-state index is 6.11. The highest BCUT2D eigenvalue weighted by Crippen LogP contribution is 2.24. The van der Waals surface area contributed by atoms with Crippen molar-refractivity contribution in [2.45, 2.75) is 62.7 Å². The monoisotopic (exact) mass is 250 g/mol. The molecule has 0 amide bonds. The molecule has 2 saturated carbocycles. The average molecular weight is 250 g/mol. The van der Waals surface area contributed by atoms with Gasteiger partial charge < -0.3 is 22.9 Å². The standard InChI is InChI=1S/C14H26N4/c15-11-5-3-9(13(17)7-11)1-2-10-4-6-12(16)8-14(10)18/h9-14H,3-8,15-18H2. The van der Waals surface area contributed by atoms with Crippen LogP contribution in [0, 0.1) is 23.7 Å². The molecule has 2 aliphatic carbocycles. The predicted octanol–water partition coefficient (Wildman–Crippen LogP) is -0.101. The predicted molar refractivity (Wildman–Crippen MR) is 74.4 cm³/mol. The highest BCUT2D eigenvalue weighted by molar-refractivity contribution is 5.14. The molecule has 0 aromatic carbocycles. The molecule has 6 atom stereocenters. The molecule has 0 saturated heterocycles. The van der Waals surface area contributed by atoms with Crippen molar-refractivity contribution in [1.82, 2.24) is 0 Å². The van der Waals surface area contributed by atoms with Gasteiger partial charge in [-0.2, -0.15) is 0 Å². The van der Waals surface area contributed by atoms with E-state index in [4.69, 9.17) is 22.9 Å². The molecule has 2 fully saturated rings. The molecule has 2 rings (SSSR count). The first kappa shape index (κ1) is 13.8. The number of nitrogens with two attached hydrogens (primary N) is 4. The van der Waals surface area contributed by atoms with Gasteiger partial charge in [-0.05, 0) is 38.5 Å². The fourth-order valence-corrected chi connectivity index (χ4v) is 3.05. The van der Waals surface area contributed by atoms with Gasteiger partial charge in [0, 0.05) is 36.0 Å². The smallest absolute Gasteiger partial charge is 0.0355 e. The lowest BCUT2D eigenvalue weighted by Gasteiger charge is -2.30. The van der Waals surface area contributed by atoms with Gasteiger partial charge in [-0.15, -0.1) is 0 Å². The highest BCUT2D eigenvalue weighted by Gasteiger charge is 2.27. The molecular formula is C14H26N4. The Morgan fingerprint density at radius 1 is 0.611 bits per heavy atom. The minimum atomic E-state index is 0.128. The molecule has 102 valence electrons. The van der Waals surface area contributed by atoms with Crippen LogP contribution in [-0.4, -0.2) is 24.2 Å². The summed E-state index contributed by atoms with van der Waals surface area (Å²) in [5, 5.41) is 0. The van der Waals surface area contributed by atoms with Crippen LogP contribution in [0.15, 0.2) is 0 Å². The lowest BCUT2D eigenvalue weighted by Crippen LogP contribution is -2.42. The highest BCUT2D eigenvalue weighted by atomic mass is 14.7. The van der Waals surface area contributed by atoms with Gasteiger partial charge in [-0.25, -0.2) is 0 Å². The normalized spacial score (nSPS) is 45.1. The third-order valence-corrected chi connectivity index (χ3v) is 4.33. The fraction of sp³-hybridized carbons (Fsp3) is 0.857. The molecular weight excluding hydrogens is 224 g/mol. The van der Waals surface area contributed by atoms with E-state index in [1.54, 1.807) is 0 Å². The second kappa shape index (κ2) is 6.03. The Bertz CT molecular complexity index is 302. The molecule has 6 unspecified atom stereocenters. The minimum Gasteiger partial charge on any atom is -0.328 e. The summed E-state index contributed by atoms with van der Waals surface area (Å²) in [4.78, 5) is 0. The summed E-state index contributed by atoms with van der Waals surface area (Å²) in [6.07, 6.45) is 5.90. The molecule has 4 heteroatoms. The molecule has 0 heterocycles.